The lowest BCUT2D eigenvalue weighted by molar-refractivity contribution is 0.744. The van der Waals surface area contributed by atoms with Gasteiger partial charge in [0, 0.05) is 6.54 Å². The highest BCUT2D eigenvalue weighted by molar-refractivity contribution is 5.68. The van der Waals surface area contributed by atoms with Crippen molar-refractivity contribution in [2.24, 2.45) is 4.99 Å². The molecule has 3 nitrogen and oxygen atoms in total. The van der Waals surface area contributed by atoms with Crippen molar-refractivity contribution in [3.05, 3.63) is 24.3 Å². The van der Waals surface area contributed by atoms with Crippen LogP contribution in [0, 0.1) is 5.41 Å². The largest absolute Gasteiger partial charge is 0.383 e. The highest BCUT2D eigenvalue weighted by atomic mass is 14.9. The Kier molecular flexibility index (Phi) is 5.20. The molecule has 0 saturated carbocycles. The van der Waals surface area contributed by atoms with Crippen LogP contribution in [-0.4, -0.2) is 12.6 Å². The molecule has 80 valence electrons. The number of hydrogen-bond acceptors (Lipinski definition) is 3. The summed E-state index contributed by atoms with van der Waals surface area (Å²) in [6.45, 7) is 3.14. The van der Waals surface area contributed by atoms with Crippen molar-refractivity contribution < 1.29 is 0 Å². The van der Waals surface area contributed by atoms with Crippen molar-refractivity contribution in [2.75, 3.05) is 11.9 Å². The maximum Gasteiger partial charge on any atom is 0.0977 e. The molecule has 0 atom stereocenters. The molecule has 0 aliphatic carbocycles. The zero-order valence-electron chi connectivity index (χ0n) is 9.09. The van der Waals surface area contributed by atoms with Gasteiger partial charge in [0.15, 0.2) is 0 Å². The van der Waals surface area contributed by atoms with Crippen LogP contribution in [0.15, 0.2) is 29.3 Å². The first kappa shape index (κ1) is 11.5. The van der Waals surface area contributed by atoms with Crippen LogP contribution in [0.5, 0.6) is 0 Å². The number of hydrogen-bond donors (Lipinski definition) is 2. The van der Waals surface area contributed by atoms with Crippen LogP contribution in [0.1, 0.15) is 26.2 Å². The Hall–Kier alpha value is -1.60. The van der Waals surface area contributed by atoms with E-state index >= 15 is 0 Å². The minimum Gasteiger partial charge on any atom is -0.383 e. The summed E-state index contributed by atoms with van der Waals surface area (Å²) in [6.07, 6.45) is 3.63. The molecule has 0 spiro atoms. The van der Waals surface area contributed by atoms with Crippen molar-refractivity contribution in [1.82, 2.24) is 0 Å². The number of anilines is 1. The molecule has 1 aromatic carbocycles. The zero-order valence-corrected chi connectivity index (χ0v) is 9.09. The Morgan fingerprint density at radius 1 is 1.33 bits per heavy atom. The van der Waals surface area contributed by atoms with Gasteiger partial charge in [-0.2, -0.15) is 4.99 Å². The molecule has 0 aliphatic rings. The fourth-order valence-electron chi connectivity index (χ4n) is 1.38. The van der Waals surface area contributed by atoms with Crippen LogP contribution in [0.2, 0.25) is 0 Å². The molecule has 2 N–H and O–H groups in total. The van der Waals surface area contributed by atoms with Crippen molar-refractivity contribution in [2.45, 2.75) is 26.2 Å². The second kappa shape index (κ2) is 6.80. The van der Waals surface area contributed by atoms with Gasteiger partial charge < -0.3 is 5.32 Å². The highest BCUT2D eigenvalue weighted by Crippen LogP contribution is 2.23. The predicted octanol–water partition coefficient (Wildman–Crippen LogP) is 3.67. The van der Waals surface area contributed by atoms with Crippen molar-refractivity contribution >= 4 is 17.4 Å². The summed E-state index contributed by atoms with van der Waals surface area (Å²) in [7, 11) is 0. The Labute approximate surface area is 90.8 Å². The van der Waals surface area contributed by atoms with E-state index in [-0.39, 0.29) is 0 Å². The van der Waals surface area contributed by atoms with Crippen LogP contribution in [0.4, 0.5) is 11.4 Å². The second-order valence-corrected chi connectivity index (χ2v) is 3.37. The molecule has 1 aromatic rings. The molecule has 0 aromatic heterocycles. The first-order valence-electron chi connectivity index (χ1n) is 5.34. The van der Waals surface area contributed by atoms with E-state index in [2.05, 4.69) is 23.2 Å². The third-order valence-electron chi connectivity index (χ3n) is 2.18. The standard InChI is InChI=1S/C12H17N3/c1-2-3-6-9-14-11-7-4-5-8-12(11)15-10-13/h4-5,7-8,13-14H,2-3,6,9H2,1H3. The monoisotopic (exact) mass is 203 g/mol. The fourth-order valence-corrected chi connectivity index (χ4v) is 1.38. The first-order valence-corrected chi connectivity index (χ1v) is 5.34. The summed E-state index contributed by atoms with van der Waals surface area (Å²) < 4.78 is 0. The lowest BCUT2D eigenvalue weighted by Gasteiger charge is -2.07. The normalized spacial score (nSPS) is 9.40. The van der Waals surface area contributed by atoms with Crippen LogP contribution in [0.3, 0.4) is 0 Å². The summed E-state index contributed by atoms with van der Waals surface area (Å²) in [5.74, 6) is 0. The van der Waals surface area contributed by atoms with Gasteiger partial charge >= 0.3 is 0 Å². The van der Waals surface area contributed by atoms with Gasteiger partial charge in [-0.15, -0.1) is 0 Å². The minimum atomic E-state index is 0.781. The van der Waals surface area contributed by atoms with E-state index in [9.17, 15) is 0 Å². The number of unbranched alkanes of at least 4 members (excludes halogenated alkanes) is 2. The molecule has 0 saturated heterocycles. The van der Waals surface area contributed by atoms with E-state index < -0.39 is 0 Å². The van der Waals surface area contributed by atoms with Gasteiger partial charge in [-0.25, -0.2) is 5.41 Å². The third-order valence-corrected chi connectivity index (χ3v) is 2.18. The Bertz CT molecular complexity index is 340. The minimum absolute atomic E-state index is 0.781. The summed E-state index contributed by atoms with van der Waals surface area (Å²) in [4.78, 5) is 3.86. The molecule has 15 heavy (non-hydrogen) atoms. The topological polar surface area (TPSA) is 48.2 Å². The van der Waals surface area contributed by atoms with Crippen molar-refractivity contribution in [3.63, 3.8) is 0 Å². The number of benzene rings is 1. The van der Waals surface area contributed by atoms with Gasteiger partial charge in [0.2, 0.25) is 0 Å². The second-order valence-electron chi connectivity index (χ2n) is 3.37. The fraction of sp³-hybridized carbons (Fsp3) is 0.417. The number of aliphatic imine (C=N–C) groups is 1. The maximum absolute atomic E-state index is 6.84. The average Bonchev–Trinajstić information content (AvgIpc) is 2.27. The molecule has 0 bridgehead atoms. The Morgan fingerprint density at radius 2 is 2.13 bits per heavy atom. The quantitative estimate of drug-likeness (QED) is 0.537. The van der Waals surface area contributed by atoms with Crippen LogP contribution in [-0.2, 0) is 0 Å². The van der Waals surface area contributed by atoms with Crippen LogP contribution in [0.25, 0.3) is 0 Å². The van der Waals surface area contributed by atoms with Gasteiger partial charge in [0.05, 0.1) is 17.4 Å². The predicted molar refractivity (Wildman–Crippen MR) is 64.3 cm³/mol. The van der Waals surface area contributed by atoms with Crippen LogP contribution < -0.4 is 5.32 Å². The summed E-state index contributed by atoms with van der Waals surface area (Å²) in [6, 6.07) is 9.79. The van der Waals surface area contributed by atoms with Gasteiger partial charge in [0.1, 0.15) is 0 Å². The molecule has 0 radical (unpaired) electrons. The average molecular weight is 203 g/mol. The molecule has 0 amide bonds. The number of para-hydroxylation sites is 2. The van der Waals surface area contributed by atoms with E-state index in [1.165, 1.54) is 19.3 Å². The van der Waals surface area contributed by atoms with Crippen molar-refractivity contribution in [1.29, 1.82) is 5.41 Å². The smallest absolute Gasteiger partial charge is 0.0977 e. The van der Waals surface area contributed by atoms with Gasteiger partial charge in [-0.05, 0) is 18.6 Å². The van der Waals surface area contributed by atoms with Gasteiger partial charge in [-0.1, -0.05) is 31.9 Å². The maximum atomic E-state index is 6.84. The highest BCUT2D eigenvalue weighted by Gasteiger charge is 1.97. The third kappa shape index (κ3) is 3.96. The molecule has 0 aliphatic heterocycles. The number of nitrogens with zero attached hydrogens (tertiary/aromatic N) is 1. The lowest BCUT2D eigenvalue weighted by Crippen LogP contribution is -2.01. The molecule has 1 rings (SSSR count). The lowest BCUT2D eigenvalue weighted by atomic mass is 10.2. The van der Waals surface area contributed by atoms with E-state index in [1.54, 1.807) is 0 Å². The van der Waals surface area contributed by atoms with E-state index in [0.717, 1.165) is 17.9 Å². The first-order chi connectivity index (χ1) is 7.38. The Balaban J connectivity index is 2.55. The van der Waals surface area contributed by atoms with E-state index in [4.69, 9.17) is 5.41 Å². The molecule has 0 fully saturated rings. The SMILES string of the molecule is CCCCCNc1ccccc1N=C=N. The molecule has 0 heterocycles. The van der Waals surface area contributed by atoms with E-state index in [0.29, 0.717) is 0 Å². The number of rotatable bonds is 6. The molecular formula is C12H17N3. The Morgan fingerprint density at radius 3 is 2.87 bits per heavy atom. The molecular weight excluding hydrogens is 186 g/mol. The van der Waals surface area contributed by atoms with Crippen LogP contribution >= 0.6 is 0 Å². The molecule has 3 heteroatoms. The summed E-state index contributed by atoms with van der Waals surface area (Å²) >= 11 is 0. The van der Waals surface area contributed by atoms with Gasteiger partial charge in [0.25, 0.3) is 0 Å². The summed E-state index contributed by atoms with van der Waals surface area (Å²) in [5.41, 5.74) is 1.76. The summed E-state index contributed by atoms with van der Waals surface area (Å²) in [5, 5.41) is 10.2. The van der Waals surface area contributed by atoms with E-state index in [1.807, 2.05) is 24.3 Å². The number of nitrogens with one attached hydrogen (secondary N) is 2. The van der Waals surface area contributed by atoms with Crippen molar-refractivity contribution in [3.8, 4) is 0 Å². The van der Waals surface area contributed by atoms with Gasteiger partial charge in [-0.3, -0.25) is 0 Å². The molecule has 0 unspecified atom stereocenters. The zero-order chi connectivity index (χ0) is 10.9.